The highest BCUT2D eigenvalue weighted by Crippen LogP contribution is 2.12. The molecule has 1 aromatic heterocycles. The molecule has 23 heavy (non-hydrogen) atoms. The zero-order valence-corrected chi connectivity index (χ0v) is 17.5. The maximum Gasteiger partial charge on any atom is 0.243 e. The van der Waals surface area contributed by atoms with Gasteiger partial charge in [0.1, 0.15) is 11.6 Å². The van der Waals surface area contributed by atoms with Crippen LogP contribution in [0.2, 0.25) is 0 Å². The fourth-order valence-corrected chi connectivity index (χ4v) is 2.40. The number of carbonyl (C=O) groups is 1. The Morgan fingerprint density at radius 1 is 1.35 bits per heavy atom. The maximum atomic E-state index is 11.6. The van der Waals surface area contributed by atoms with Gasteiger partial charge in [-0.3, -0.25) is 4.79 Å². The number of likely N-dealkylation sites (N-methyl/N-ethyl adjacent to an activating group) is 1. The number of unbranched alkanes of at least 4 members (excludes halogenated alkanes) is 1. The van der Waals surface area contributed by atoms with Crippen LogP contribution in [0.4, 0.5) is 0 Å². The maximum absolute atomic E-state index is 11.6. The number of nitrogens with zero attached hydrogens (tertiary/aromatic N) is 3. The van der Waals surface area contributed by atoms with Gasteiger partial charge in [-0.15, -0.1) is 35.3 Å². The molecule has 0 saturated heterocycles. The molecule has 0 fully saturated rings. The van der Waals surface area contributed by atoms with Crippen LogP contribution in [0.3, 0.4) is 0 Å². The average molecular weight is 453 g/mol. The molecule has 0 unspecified atom stereocenters. The van der Waals surface area contributed by atoms with E-state index in [-0.39, 0.29) is 36.4 Å². The van der Waals surface area contributed by atoms with Crippen LogP contribution < -0.4 is 10.6 Å². The lowest BCUT2D eigenvalue weighted by molar-refractivity contribution is -0.127. The Bertz CT molecular complexity index is 490. The molecule has 1 amide bonds. The van der Waals surface area contributed by atoms with E-state index in [4.69, 9.17) is 0 Å². The molecule has 0 saturated carbocycles. The number of thiazole rings is 1. The Balaban J connectivity index is 0.00000484. The third kappa shape index (κ3) is 9.09. The Morgan fingerprint density at radius 2 is 2.09 bits per heavy atom. The number of guanidine groups is 1. The second-order valence-corrected chi connectivity index (χ2v) is 6.36. The van der Waals surface area contributed by atoms with E-state index in [9.17, 15) is 4.79 Å². The van der Waals surface area contributed by atoms with Crippen molar-refractivity contribution in [1.82, 2.24) is 20.5 Å². The van der Waals surface area contributed by atoms with Gasteiger partial charge < -0.3 is 15.5 Å². The van der Waals surface area contributed by atoms with Crippen molar-refractivity contribution in [1.29, 1.82) is 0 Å². The number of rotatable bonds is 8. The third-order valence-corrected chi connectivity index (χ3v) is 4.19. The number of aliphatic imine (C=N–C) groups is 1. The lowest BCUT2D eigenvalue weighted by atomic mass is 10.3. The van der Waals surface area contributed by atoms with Crippen molar-refractivity contribution in [2.75, 3.05) is 27.2 Å². The number of amides is 1. The van der Waals surface area contributed by atoms with Crippen molar-refractivity contribution in [2.45, 2.75) is 39.7 Å². The van der Waals surface area contributed by atoms with Crippen LogP contribution in [0.1, 0.15) is 36.6 Å². The first kappa shape index (κ1) is 22.1. The Hall–Kier alpha value is -0.900. The largest absolute Gasteiger partial charge is 0.356 e. The number of carbonyl (C=O) groups excluding carboxylic acids is 1. The number of hydrogen-bond donors (Lipinski definition) is 2. The molecule has 0 atom stereocenters. The van der Waals surface area contributed by atoms with Crippen LogP contribution >= 0.6 is 35.3 Å². The molecule has 0 spiro atoms. The van der Waals surface area contributed by atoms with Crippen molar-refractivity contribution < 1.29 is 4.79 Å². The number of aryl methyl sites for hydroxylation is 1. The molecule has 6 nitrogen and oxygen atoms in total. The van der Waals surface area contributed by atoms with Crippen LogP contribution in [0.5, 0.6) is 0 Å². The minimum absolute atomic E-state index is 0. The molecule has 0 radical (unpaired) electrons. The molecule has 8 heteroatoms. The summed E-state index contributed by atoms with van der Waals surface area (Å²) in [4.78, 5) is 23.2. The standard InChI is InChI=1S/C15H27N5OS.HI/c1-5-7-8-16-15(19-11-14(21)20(3)4)18-10-13-17-9-12(6-2)22-13;/h9H,5-8,10-11H2,1-4H3,(H2,16,18,19);1H. The Morgan fingerprint density at radius 3 is 2.65 bits per heavy atom. The molecule has 1 rings (SSSR count). The topological polar surface area (TPSA) is 69.6 Å². The van der Waals surface area contributed by atoms with Gasteiger partial charge in [0.05, 0.1) is 6.54 Å². The number of aromatic nitrogens is 1. The third-order valence-electron chi connectivity index (χ3n) is 3.05. The minimum Gasteiger partial charge on any atom is -0.356 e. The summed E-state index contributed by atoms with van der Waals surface area (Å²) < 4.78 is 0. The Labute approximate surface area is 160 Å². The van der Waals surface area contributed by atoms with Gasteiger partial charge in [-0.1, -0.05) is 20.3 Å². The molecule has 0 bridgehead atoms. The van der Waals surface area contributed by atoms with E-state index in [0.29, 0.717) is 12.5 Å². The monoisotopic (exact) mass is 453 g/mol. The smallest absolute Gasteiger partial charge is 0.243 e. The molecule has 0 aromatic carbocycles. The summed E-state index contributed by atoms with van der Waals surface area (Å²) in [6.45, 7) is 5.88. The molecule has 0 aliphatic heterocycles. The fourth-order valence-electron chi connectivity index (χ4n) is 1.60. The highest BCUT2D eigenvalue weighted by molar-refractivity contribution is 14.0. The van der Waals surface area contributed by atoms with Gasteiger partial charge in [0.25, 0.3) is 0 Å². The van der Waals surface area contributed by atoms with Crippen molar-refractivity contribution >= 4 is 47.2 Å². The van der Waals surface area contributed by atoms with E-state index < -0.39 is 0 Å². The summed E-state index contributed by atoms with van der Waals surface area (Å²) in [5, 5.41) is 7.52. The van der Waals surface area contributed by atoms with Gasteiger partial charge in [-0.05, 0) is 12.8 Å². The molecular weight excluding hydrogens is 425 g/mol. The van der Waals surface area contributed by atoms with E-state index in [1.165, 1.54) is 4.88 Å². The van der Waals surface area contributed by atoms with Crippen molar-refractivity contribution in [3.63, 3.8) is 0 Å². The number of nitrogens with one attached hydrogen (secondary N) is 2. The number of hydrogen-bond acceptors (Lipinski definition) is 4. The molecule has 132 valence electrons. The van der Waals surface area contributed by atoms with Gasteiger partial charge in [-0.2, -0.15) is 0 Å². The van der Waals surface area contributed by atoms with Crippen LogP contribution in [0.25, 0.3) is 0 Å². The van der Waals surface area contributed by atoms with E-state index >= 15 is 0 Å². The molecule has 0 aliphatic rings. The molecule has 1 aromatic rings. The summed E-state index contributed by atoms with van der Waals surface area (Å²) in [6.07, 6.45) is 5.10. The van der Waals surface area contributed by atoms with Gasteiger partial charge >= 0.3 is 0 Å². The fraction of sp³-hybridized carbons (Fsp3) is 0.667. The normalized spacial score (nSPS) is 10.9. The SMILES string of the molecule is CCCCNC(=NCC(=O)N(C)C)NCc1ncc(CC)s1.I. The van der Waals surface area contributed by atoms with Gasteiger partial charge in [-0.25, -0.2) is 9.98 Å². The summed E-state index contributed by atoms with van der Waals surface area (Å²) in [7, 11) is 3.47. The molecule has 2 N–H and O–H groups in total. The number of halogens is 1. The van der Waals surface area contributed by atoms with Crippen molar-refractivity contribution in [3.8, 4) is 0 Å². The van der Waals surface area contributed by atoms with E-state index in [2.05, 4.69) is 34.5 Å². The van der Waals surface area contributed by atoms with Crippen molar-refractivity contribution in [2.24, 2.45) is 4.99 Å². The average Bonchev–Trinajstić information content (AvgIpc) is 2.97. The van der Waals surface area contributed by atoms with E-state index in [1.807, 2.05) is 6.20 Å². The van der Waals surface area contributed by atoms with Crippen LogP contribution in [0.15, 0.2) is 11.2 Å². The summed E-state index contributed by atoms with van der Waals surface area (Å²) in [6, 6.07) is 0. The lowest BCUT2D eigenvalue weighted by Gasteiger charge is -2.12. The first-order valence-corrected chi connectivity index (χ1v) is 8.54. The first-order valence-electron chi connectivity index (χ1n) is 7.72. The van der Waals surface area contributed by atoms with Gasteiger partial charge in [0.15, 0.2) is 5.96 Å². The summed E-state index contributed by atoms with van der Waals surface area (Å²) in [5.74, 6) is 0.649. The van der Waals surface area contributed by atoms with E-state index in [1.54, 1.807) is 30.3 Å². The highest BCUT2D eigenvalue weighted by atomic mass is 127. The predicted molar refractivity (Wildman–Crippen MR) is 108 cm³/mol. The zero-order valence-electron chi connectivity index (χ0n) is 14.4. The molecule has 1 heterocycles. The second kappa shape index (κ2) is 12.5. The van der Waals surface area contributed by atoms with E-state index in [0.717, 1.165) is 30.8 Å². The highest BCUT2D eigenvalue weighted by Gasteiger charge is 2.06. The minimum atomic E-state index is -0.0147. The van der Waals surface area contributed by atoms with Crippen molar-refractivity contribution in [3.05, 3.63) is 16.1 Å². The van der Waals surface area contributed by atoms with Crippen LogP contribution in [-0.2, 0) is 17.8 Å². The van der Waals surface area contributed by atoms with Gasteiger partial charge in [0.2, 0.25) is 5.91 Å². The Kier molecular flexibility index (Phi) is 12.0. The second-order valence-electron chi connectivity index (χ2n) is 5.16. The summed E-state index contributed by atoms with van der Waals surface area (Å²) in [5.41, 5.74) is 0. The van der Waals surface area contributed by atoms with Crippen LogP contribution in [0, 0.1) is 0 Å². The zero-order chi connectivity index (χ0) is 16.4. The summed E-state index contributed by atoms with van der Waals surface area (Å²) >= 11 is 1.70. The first-order chi connectivity index (χ1) is 10.6. The predicted octanol–water partition coefficient (Wildman–Crippen LogP) is 2.25. The lowest BCUT2D eigenvalue weighted by Crippen LogP contribution is -2.38. The molecular formula is C15H28IN5OS. The van der Waals surface area contributed by atoms with Gasteiger partial charge in [0, 0.05) is 31.7 Å². The quantitative estimate of drug-likeness (QED) is 0.274. The molecule has 0 aliphatic carbocycles. The van der Waals surface area contributed by atoms with Crippen LogP contribution in [-0.4, -0.2) is 48.9 Å².